The number of carbonyl (C=O) groups is 2. The monoisotopic (exact) mass is 290 g/mol. The lowest BCUT2D eigenvalue weighted by Crippen LogP contribution is -2.26. The van der Waals surface area contributed by atoms with Gasteiger partial charge in [-0.2, -0.15) is 0 Å². The van der Waals surface area contributed by atoms with Gasteiger partial charge in [0.05, 0.1) is 11.7 Å². The summed E-state index contributed by atoms with van der Waals surface area (Å²) >= 11 is 0. The Morgan fingerprint density at radius 1 is 1.10 bits per heavy atom. The zero-order valence-electron chi connectivity index (χ0n) is 13.2. The predicted octanol–water partition coefficient (Wildman–Crippen LogP) is 3.21. The van der Waals surface area contributed by atoms with Gasteiger partial charge in [0.25, 0.3) is 0 Å². The van der Waals surface area contributed by atoms with Crippen LogP contribution < -0.4 is 0 Å². The molecule has 1 aromatic carbocycles. The van der Waals surface area contributed by atoms with Crippen LogP contribution in [0.3, 0.4) is 0 Å². The molecule has 0 bridgehead atoms. The molecule has 21 heavy (non-hydrogen) atoms. The van der Waals surface area contributed by atoms with E-state index in [1.807, 2.05) is 33.8 Å². The van der Waals surface area contributed by atoms with Crippen LogP contribution in [0, 0.1) is 10.8 Å². The Balaban J connectivity index is 2.11. The van der Waals surface area contributed by atoms with E-state index in [1.165, 1.54) is 0 Å². The molecule has 0 spiro atoms. The second-order valence-electron chi connectivity index (χ2n) is 6.53. The molecule has 4 heteroatoms. The van der Waals surface area contributed by atoms with Gasteiger partial charge in [-0.05, 0) is 32.9 Å². The maximum absolute atomic E-state index is 12.3. The molecule has 1 saturated carbocycles. The topological polar surface area (TPSA) is 52.6 Å². The zero-order chi connectivity index (χ0) is 15.8. The standard InChI is InChI=1S/C17H22O4/c1-11(2)20-15(19)17(5)14(16(17,3)4)21-13(18)12-9-7-6-8-10-12/h6-11,14H,1-5H3. The summed E-state index contributed by atoms with van der Waals surface area (Å²) in [6.07, 6.45) is -0.653. The lowest BCUT2D eigenvalue weighted by Gasteiger charge is -2.15. The van der Waals surface area contributed by atoms with E-state index in [-0.39, 0.29) is 12.1 Å². The molecule has 2 unspecified atom stereocenters. The van der Waals surface area contributed by atoms with Crippen LogP contribution in [0.5, 0.6) is 0 Å². The number of benzene rings is 1. The highest BCUT2D eigenvalue weighted by molar-refractivity contribution is 5.91. The SMILES string of the molecule is CC(C)OC(=O)C1(C)C(OC(=O)c2ccccc2)C1(C)C. The maximum Gasteiger partial charge on any atom is 0.338 e. The quantitative estimate of drug-likeness (QED) is 0.799. The molecule has 1 aliphatic carbocycles. The molecule has 0 saturated heterocycles. The summed E-state index contributed by atoms with van der Waals surface area (Å²) in [5.41, 5.74) is -0.731. The highest BCUT2D eigenvalue weighted by Crippen LogP contribution is 2.65. The van der Waals surface area contributed by atoms with E-state index in [4.69, 9.17) is 9.47 Å². The number of carbonyl (C=O) groups excluding carboxylic acids is 2. The van der Waals surface area contributed by atoms with Crippen molar-refractivity contribution in [3.63, 3.8) is 0 Å². The molecule has 0 heterocycles. The zero-order valence-corrected chi connectivity index (χ0v) is 13.2. The normalized spacial score (nSPS) is 26.3. The molecule has 2 atom stereocenters. The van der Waals surface area contributed by atoms with Gasteiger partial charge >= 0.3 is 11.9 Å². The van der Waals surface area contributed by atoms with Crippen molar-refractivity contribution in [1.29, 1.82) is 0 Å². The van der Waals surface area contributed by atoms with Gasteiger partial charge in [-0.1, -0.05) is 32.0 Å². The van der Waals surface area contributed by atoms with Crippen molar-refractivity contribution in [3.05, 3.63) is 35.9 Å². The summed E-state index contributed by atoms with van der Waals surface area (Å²) in [7, 11) is 0. The van der Waals surface area contributed by atoms with E-state index < -0.39 is 22.9 Å². The molecular weight excluding hydrogens is 268 g/mol. The minimum absolute atomic E-state index is 0.184. The molecule has 1 fully saturated rings. The number of hydrogen-bond donors (Lipinski definition) is 0. The highest BCUT2D eigenvalue weighted by atomic mass is 16.6. The number of hydrogen-bond acceptors (Lipinski definition) is 4. The van der Waals surface area contributed by atoms with E-state index in [2.05, 4.69) is 0 Å². The second kappa shape index (κ2) is 5.17. The molecule has 0 amide bonds. The minimum Gasteiger partial charge on any atom is -0.462 e. The van der Waals surface area contributed by atoms with E-state index >= 15 is 0 Å². The van der Waals surface area contributed by atoms with Crippen molar-refractivity contribution in [3.8, 4) is 0 Å². The van der Waals surface area contributed by atoms with Crippen molar-refractivity contribution < 1.29 is 19.1 Å². The molecule has 2 rings (SSSR count). The van der Waals surface area contributed by atoms with E-state index in [0.717, 1.165) is 0 Å². The molecule has 1 aromatic rings. The van der Waals surface area contributed by atoms with Crippen molar-refractivity contribution >= 4 is 11.9 Å². The number of esters is 2. The number of rotatable bonds is 4. The van der Waals surface area contributed by atoms with Crippen LogP contribution in [0.4, 0.5) is 0 Å². The first-order valence-corrected chi connectivity index (χ1v) is 7.18. The molecule has 114 valence electrons. The third-order valence-corrected chi connectivity index (χ3v) is 4.44. The Morgan fingerprint density at radius 2 is 1.67 bits per heavy atom. The van der Waals surface area contributed by atoms with Gasteiger partial charge in [0, 0.05) is 5.41 Å². The summed E-state index contributed by atoms with van der Waals surface area (Å²) in [5, 5.41) is 0. The molecule has 0 aliphatic heterocycles. The van der Waals surface area contributed by atoms with Gasteiger partial charge < -0.3 is 9.47 Å². The predicted molar refractivity (Wildman–Crippen MR) is 78.8 cm³/mol. The largest absolute Gasteiger partial charge is 0.462 e. The molecular formula is C17H22O4. The van der Waals surface area contributed by atoms with E-state index in [1.54, 1.807) is 31.2 Å². The molecule has 4 nitrogen and oxygen atoms in total. The average Bonchev–Trinajstić information content (AvgIpc) is 2.85. The van der Waals surface area contributed by atoms with Gasteiger partial charge in [0.1, 0.15) is 11.5 Å². The fourth-order valence-electron chi connectivity index (χ4n) is 2.65. The second-order valence-corrected chi connectivity index (χ2v) is 6.53. The summed E-state index contributed by atoms with van der Waals surface area (Å²) in [6.45, 7) is 9.24. The fourth-order valence-corrected chi connectivity index (χ4v) is 2.65. The maximum atomic E-state index is 12.3. The lowest BCUT2D eigenvalue weighted by molar-refractivity contribution is -0.155. The van der Waals surface area contributed by atoms with Crippen LogP contribution in [-0.4, -0.2) is 24.1 Å². The van der Waals surface area contributed by atoms with Gasteiger partial charge in [0.2, 0.25) is 0 Å². The summed E-state index contributed by atoms with van der Waals surface area (Å²) in [6, 6.07) is 8.78. The highest BCUT2D eigenvalue weighted by Gasteiger charge is 2.76. The lowest BCUT2D eigenvalue weighted by atomic mass is 9.98. The van der Waals surface area contributed by atoms with Crippen LogP contribution in [0.15, 0.2) is 30.3 Å². The first-order valence-electron chi connectivity index (χ1n) is 7.18. The smallest absolute Gasteiger partial charge is 0.338 e. The van der Waals surface area contributed by atoms with Crippen LogP contribution in [0.1, 0.15) is 45.0 Å². The van der Waals surface area contributed by atoms with Crippen molar-refractivity contribution in [2.24, 2.45) is 10.8 Å². The molecule has 0 N–H and O–H groups in total. The Labute approximate surface area is 125 Å². The van der Waals surface area contributed by atoms with Crippen molar-refractivity contribution in [1.82, 2.24) is 0 Å². The summed E-state index contributed by atoms with van der Waals surface area (Å²) in [5.74, 6) is -0.719. The third-order valence-electron chi connectivity index (χ3n) is 4.44. The van der Waals surface area contributed by atoms with Crippen LogP contribution in [0.25, 0.3) is 0 Å². The summed E-state index contributed by atoms with van der Waals surface area (Å²) < 4.78 is 10.8. The minimum atomic E-state index is -0.790. The van der Waals surface area contributed by atoms with Gasteiger partial charge in [-0.25, -0.2) is 4.79 Å². The van der Waals surface area contributed by atoms with Crippen LogP contribution in [-0.2, 0) is 14.3 Å². The Bertz CT molecular complexity index is 547. The average molecular weight is 290 g/mol. The van der Waals surface area contributed by atoms with Crippen LogP contribution in [0.2, 0.25) is 0 Å². The molecule has 1 aliphatic rings. The fraction of sp³-hybridized carbons (Fsp3) is 0.529. The Hall–Kier alpha value is -1.84. The van der Waals surface area contributed by atoms with E-state index in [9.17, 15) is 9.59 Å². The first kappa shape index (κ1) is 15.5. The Kier molecular flexibility index (Phi) is 3.83. The molecule has 0 radical (unpaired) electrons. The van der Waals surface area contributed by atoms with E-state index in [0.29, 0.717) is 5.56 Å². The number of ether oxygens (including phenoxy) is 2. The van der Waals surface area contributed by atoms with Crippen molar-refractivity contribution in [2.75, 3.05) is 0 Å². The first-order chi connectivity index (χ1) is 9.71. The third kappa shape index (κ3) is 2.55. The van der Waals surface area contributed by atoms with Gasteiger partial charge in [-0.15, -0.1) is 0 Å². The van der Waals surface area contributed by atoms with Crippen LogP contribution >= 0.6 is 0 Å². The van der Waals surface area contributed by atoms with Gasteiger partial charge in [0.15, 0.2) is 0 Å². The van der Waals surface area contributed by atoms with Gasteiger partial charge in [-0.3, -0.25) is 4.79 Å². The molecule has 0 aromatic heterocycles. The summed E-state index contributed by atoms with van der Waals surface area (Å²) in [4.78, 5) is 24.4. The van der Waals surface area contributed by atoms with Crippen molar-refractivity contribution in [2.45, 2.75) is 46.8 Å². The Morgan fingerprint density at radius 3 is 2.19 bits per heavy atom.